The van der Waals surface area contributed by atoms with E-state index in [1.807, 2.05) is 6.20 Å². The van der Waals surface area contributed by atoms with E-state index in [-0.39, 0.29) is 0 Å². The SMILES string of the molecule is CN1CCN(CCCc2cccc(-c3cnc[nH]3)c2)CC1. The molecule has 4 heteroatoms. The molecule has 0 aliphatic carbocycles. The van der Waals surface area contributed by atoms with Crippen molar-refractivity contribution in [3.05, 3.63) is 42.4 Å². The Morgan fingerprint density at radius 2 is 2.05 bits per heavy atom. The summed E-state index contributed by atoms with van der Waals surface area (Å²) < 4.78 is 0. The molecule has 0 amide bonds. The van der Waals surface area contributed by atoms with Gasteiger partial charge in [0.25, 0.3) is 0 Å². The fourth-order valence-corrected chi connectivity index (χ4v) is 2.89. The monoisotopic (exact) mass is 284 g/mol. The molecule has 4 nitrogen and oxygen atoms in total. The fraction of sp³-hybridized carbons (Fsp3) is 0.471. The summed E-state index contributed by atoms with van der Waals surface area (Å²) in [6, 6.07) is 8.78. The van der Waals surface area contributed by atoms with Crippen molar-refractivity contribution in [2.45, 2.75) is 12.8 Å². The van der Waals surface area contributed by atoms with Gasteiger partial charge in [-0.15, -0.1) is 0 Å². The summed E-state index contributed by atoms with van der Waals surface area (Å²) in [5.74, 6) is 0. The standard InChI is InChI=1S/C17H24N4/c1-20-8-10-21(11-9-20)7-3-5-15-4-2-6-16(12-15)17-13-18-14-19-17/h2,4,6,12-14H,3,5,7-11H2,1H3,(H,18,19). The van der Waals surface area contributed by atoms with Crippen LogP contribution in [0.3, 0.4) is 0 Å². The van der Waals surface area contributed by atoms with Crippen molar-refractivity contribution in [1.29, 1.82) is 0 Å². The lowest BCUT2D eigenvalue weighted by molar-refractivity contribution is 0.153. The predicted octanol–water partition coefficient (Wildman–Crippen LogP) is 2.26. The van der Waals surface area contributed by atoms with Gasteiger partial charge in [0.05, 0.1) is 18.2 Å². The Morgan fingerprint density at radius 3 is 2.81 bits per heavy atom. The number of hydrogen-bond donors (Lipinski definition) is 1. The summed E-state index contributed by atoms with van der Waals surface area (Å²) in [6.07, 6.45) is 5.99. The third kappa shape index (κ3) is 3.93. The van der Waals surface area contributed by atoms with E-state index in [9.17, 15) is 0 Å². The number of H-pyrrole nitrogens is 1. The average Bonchev–Trinajstić information content (AvgIpc) is 3.04. The zero-order valence-electron chi connectivity index (χ0n) is 12.8. The Hall–Kier alpha value is -1.65. The highest BCUT2D eigenvalue weighted by Gasteiger charge is 2.12. The van der Waals surface area contributed by atoms with E-state index in [0.717, 1.165) is 12.1 Å². The first-order valence-corrected chi connectivity index (χ1v) is 7.80. The lowest BCUT2D eigenvalue weighted by atomic mass is 10.0. The second-order valence-corrected chi connectivity index (χ2v) is 5.91. The van der Waals surface area contributed by atoms with Crippen LogP contribution in [0.25, 0.3) is 11.3 Å². The molecule has 1 aliphatic heterocycles. The van der Waals surface area contributed by atoms with E-state index >= 15 is 0 Å². The summed E-state index contributed by atoms with van der Waals surface area (Å²) in [5.41, 5.74) is 3.73. The molecule has 0 bridgehead atoms. The molecule has 0 unspecified atom stereocenters. The van der Waals surface area contributed by atoms with Crippen LogP contribution in [0.2, 0.25) is 0 Å². The highest BCUT2D eigenvalue weighted by atomic mass is 15.2. The third-order valence-corrected chi connectivity index (χ3v) is 4.27. The maximum absolute atomic E-state index is 4.09. The molecule has 0 atom stereocenters. The minimum Gasteiger partial charge on any atom is -0.345 e. The quantitative estimate of drug-likeness (QED) is 0.914. The lowest BCUT2D eigenvalue weighted by Crippen LogP contribution is -2.44. The van der Waals surface area contributed by atoms with Crippen LogP contribution in [0.5, 0.6) is 0 Å². The topological polar surface area (TPSA) is 35.2 Å². The fourth-order valence-electron chi connectivity index (χ4n) is 2.89. The minimum absolute atomic E-state index is 1.09. The molecule has 1 aliphatic rings. The summed E-state index contributed by atoms with van der Waals surface area (Å²) in [4.78, 5) is 12.2. The molecule has 1 aromatic carbocycles. The molecule has 112 valence electrons. The normalized spacial score (nSPS) is 17.2. The first-order valence-electron chi connectivity index (χ1n) is 7.80. The number of piperazine rings is 1. The molecule has 1 saturated heterocycles. The van der Waals surface area contributed by atoms with Crippen molar-refractivity contribution in [2.75, 3.05) is 39.8 Å². The number of nitrogens with zero attached hydrogens (tertiary/aromatic N) is 3. The van der Waals surface area contributed by atoms with Gasteiger partial charge in [-0.05, 0) is 43.6 Å². The van der Waals surface area contributed by atoms with Crippen LogP contribution in [0.15, 0.2) is 36.8 Å². The van der Waals surface area contributed by atoms with Crippen molar-refractivity contribution >= 4 is 0 Å². The van der Waals surface area contributed by atoms with E-state index in [1.165, 1.54) is 50.3 Å². The van der Waals surface area contributed by atoms with Crippen LogP contribution < -0.4 is 0 Å². The Kier molecular flexibility index (Phi) is 4.68. The summed E-state index contributed by atoms with van der Waals surface area (Å²) in [7, 11) is 2.21. The summed E-state index contributed by atoms with van der Waals surface area (Å²) in [5, 5.41) is 0. The Morgan fingerprint density at radius 1 is 1.19 bits per heavy atom. The third-order valence-electron chi connectivity index (χ3n) is 4.27. The molecule has 3 rings (SSSR count). The van der Waals surface area contributed by atoms with Gasteiger partial charge in [0, 0.05) is 26.2 Å². The van der Waals surface area contributed by atoms with Gasteiger partial charge in [0.15, 0.2) is 0 Å². The number of aromatic nitrogens is 2. The number of nitrogens with one attached hydrogen (secondary N) is 1. The van der Waals surface area contributed by atoms with Gasteiger partial charge in [0.1, 0.15) is 0 Å². The van der Waals surface area contributed by atoms with E-state index in [0.29, 0.717) is 0 Å². The van der Waals surface area contributed by atoms with E-state index in [1.54, 1.807) is 6.33 Å². The molecule has 0 radical (unpaired) electrons. The predicted molar refractivity (Wildman–Crippen MR) is 86.3 cm³/mol. The second kappa shape index (κ2) is 6.87. The second-order valence-electron chi connectivity index (χ2n) is 5.91. The molecule has 21 heavy (non-hydrogen) atoms. The number of rotatable bonds is 5. The lowest BCUT2D eigenvalue weighted by Gasteiger charge is -2.32. The van der Waals surface area contributed by atoms with Crippen molar-refractivity contribution < 1.29 is 0 Å². The number of aryl methyl sites for hydroxylation is 1. The van der Waals surface area contributed by atoms with E-state index in [2.05, 4.69) is 51.1 Å². The van der Waals surface area contributed by atoms with Crippen molar-refractivity contribution in [3.63, 3.8) is 0 Å². The Balaban J connectivity index is 1.50. The van der Waals surface area contributed by atoms with E-state index in [4.69, 9.17) is 0 Å². The van der Waals surface area contributed by atoms with Gasteiger partial charge < -0.3 is 14.8 Å². The van der Waals surface area contributed by atoms with Crippen molar-refractivity contribution in [1.82, 2.24) is 19.8 Å². The maximum Gasteiger partial charge on any atom is 0.0924 e. The van der Waals surface area contributed by atoms with Gasteiger partial charge in [-0.1, -0.05) is 18.2 Å². The van der Waals surface area contributed by atoms with Crippen LogP contribution in [-0.2, 0) is 6.42 Å². The van der Waals surface area contributed by atoms with Crippen LogP contribution in [0.4, 0.5) is 0 Å². The van der Waals surface area contributed by atoms with Crippen LogP contribution in [-0.4, -0.2) is 59.5 Å². The van der Waals surface area contributed by atoms with Gasteiger partial charge >= 0.3 is 0 Å². The van der Waals surface area contributed by atoms with E-state index < -0.39 is 0 Å². The van der Waals surface area contributed by atoms with Gasteiger partial charge in [-0.2, -0.15) is 0 Å². The molecule has 0 spiro atoms. The minimum atomic E-state index is 1.09. The molecular formula is C17H24N4. The number of imidazole rings is 1. The molecule has 0 saturated carbocycles. The molecular weight excluding hydrogens is 260 g/mol. The maximum atomic E-state index is 4.09. The van der Waals surface area contributed by atoms with Gasteiger partial charge in [-0.25, -0.2) is 4.98 Å². The highest BCUT2D eigenvalue weighted by molar-refractivity contribution is 5.58. The largest absolute Gasteiger partial charge is 0.345 e. The average molecular weight is 284 g/mol. The smallest absolute Gasteiger partial charge is 0.0924 e. The zero-order chi connectivity index (χ0) is 14.5. The first-order chi connectivity index (χ1) is 10.3. The first kappa shape index (κ1) is 14.3. The number of aromatic amines is 1. The molecule has 2 aromatic rings. The van der Waals surface area contributed by atoms with Gasteiger partial charge in [-0.3, -0.25) is 0 Å². The molecule has 1 N–H and O–H groups in total. The number of benzene rings is 1. The van der Waals surface area contributed by atoms with Crippen LogP contribution >= 0.6 is 0 Å². The Labute approximate surface area is 126 Å². The molecule has 2 heterocycles. The highest BCUT2D eigenvalue weighted by Crippen LogP contribution is 2.18. The van der Waals surface area contributed by atoms with Gasteiger partial charge in [0.2, 0.25) is 0 Å². The number of hydrogen-bond acceptors (Lipinski definition) is 3. The summed E-state index contributed by atoms with van der Waals surface area (Å²) in [6.45, 7) is 6.04. The summed E-state index contributed by atoms with van der Waals surface area (Å²) >= 11 is 0. The van der Waals surface area contributed by atoms with Crippen LogP contribution in [0.1, 0.15) is 12.0 Å². The molecule has 1 fully saturated rings. The zero-order valence-corrected chi connectivity index (χ0v) is 12.8. The van der Waals surface area contributed by atoms with Crippen molar-refractivity contribution in [3.8, 4) is 11.3 Å². The Bertz CT molecular complexity index is 542. The number of likely N-dealkylation sites (N-methyl/N-ethyl adjacent to an activating group) is 1. The van der Waals surface area contributed by atoms with Crippen LogP contribution in [0, 0.1) is 0 Å². The van der Waals surface area contributed by atoms with Crippen molar-refractivity contribution in [2.24, 2.45) is 0 Å². The molecule has 1 aromatic heterocycles.